The van der Waals surface area contributed by atoms with Crippen LogP contribution in [0.2, 0.25) is 0 Å². The van der Waals surface area contributed by atoms with E-state index in [2.05, 4.69) is 26.9 Å². The minimum Gasteiger partial charge on any atom is -0.370 e. The summed E-state index contributed by atoms with van der Waals surface area (Å²) in [4.78, 5) is 14.7. The van der Waals surface area contributed by atoms with Gasteiger partial charge in [-0.05, 0) is 42.9 Å². The van der Waals surface area contributed by atoms with E-state index in [1.807, 2.05) is 6.07 Å². The predicted molar refractivity (Wildman–Crippen MR) is 103 cm³/mol. The van der Waals surface area contributed by atoms with Crippen LogP contribution >= 0.6 is 0 Å². The summed E-state index contributed by atoms with van der Waals surface area (Å²) < 4.78 is 14.6. The lowest BCUT2D eigenvalue weighted by Gasteiger charge is -2.57. The first-order valence-corrected chi connectivity index (χ1v) is 10.3. The van der Waals surface area contributed by atoms with E-state index in [9.17, 15) is 14.4 Å². The van der Waals surface area contributed by atoms with Crippen LogP contribution in [0.5, 0.6) is 0 Å². The maximum absolute atomic E-state index is 14.6. The molecule has 3 aliphatic heterocycles. The molecule has 7 heteroatoms. The van der Waals surface area contributed by atoms with Gasteiger partial charge in [0.15, 0.2) is 0 Å². The number of rotatable bonds is 5. The normalized spacial score (nSPS) is 30.4. The number of hydrogen-bond acceptors (Lipinski definition) is 5. The van der Waals surface area contributed by atoms with Crippen LogP contribution in [0.1, 0.15) is 24.8 Å². The fourth-order valence-electron chi connectivity index (χ4n) is 5.31. The van der Waals surface area contributed by atoms with Gasteiger partial charge < -0.3 is 20.9 Å². The number of nitriles is 1. The Balaban J connectivity index is 1.19. The molecule has 5 rings (SSSR count). The van der Waals surface area contributed by atoms with Gasteiger partial charge in [-0.15, -0.1) is 0 Å². The van der Waals surface area contributed by atoms with Crippen molar-refractivity contribution in [3.8, 4) is 6.07 Å². The van der Waals surface area contributed by atoms with E-state index in [1.165, 1.54) is 0 Å². The monoisotopic (exact) mass is 383 g/mol. The van der Waals surface area contributed by atoms with Gasteiger partial charge in [0.1, 0.15) is 11.9 Å². The lowest BCUT2D eigenvalue weighted by molar-refractivity contribution is -0.124. The maximum Gasteiger partial charge on any atom is 0.238 e. The van der Waals surface area contributed by atoms with Gasteiger partial charge in [-0.1, -0.05) is 6.07 Å². The largest absolute Gasteiger partial charge is 0.370 e. The Morgan fingerprint density at radius 1 is 1.39 bits per heavy atom. The summed E-state index contributed by atoms with van der Waals surface area (Å²) in [5.74, 6) is -0.0699. The molecule has 3 N–H and O–H groups in total. The third-order valence-electron chi connectivity index (χ3n) is 6.99. The molecule has 3 unspecified atom stereocenters. The Labute approximate surface area is 164 Å². The molecule has 2 bridgehead atoms. The van der Waals surface area contributed by atoms with E-state index in [0.717, 1.165) is 51.1 Å². The number of fused-ring (bicyclic) bond motifs is 2. The topological polar surface area (TPSA) is 80.2 Å². The zero-order valence-corrected chi connectivity index (χ0v) is 15.9. The van der Waals surface area contributed by atoms with E-state index in [-0.39, 0.29) is 24.2 Å². The highest BCUT2D eigenvalue weighted by molar-refractivity contribution is 5.83. The number of piperidine rings is 1. The molecule has 0 radical (unpaired) electrons. The van der Waals surface area contributed by atoms with Gasteiger partial charge in [0.25, 0.3) is 0 Å². The van der Waals surface area contributed by atoms with Crippen molar-refractivity contribution in [1.29, 1.82) is 5.26 Å². The van der Waals surface area contributed by atoms with Crippen molar-refractivity contribution in [3.05, 3.63) is 29.6 Å². The third kappa shape index (κ3) is 3.05. The summed E-state index contributed by atoms with van der Waals surface area (Å²) in [7, 11) is 0. The van der Waals surface area contributed by atoms with Gasteiger partial charge in [-0.3, -0.25) is 4.79 Å². The van der Waals surface area contributed by atoms with Crippen molar-refractivity contribution >= 4 is 11.6 Å². The number of amides is 1. The average Bonchev–Trinajstić information content (AvgIpc) is 3.24. The second-order valence-electron chi connectivity index (χ2n) is 9.04. The predicted octanol–water partition coefficient (Wildman–Crippen LogP) is 0.927. The molecule has 28 heavy (non-hydrogen) atoms. The first kappa shape index (κ1) is 17.9. The van der Waals surface area contributed by atoms with Crippen LogP contribution in [0.15, 0.2) is 18.2 Å². The molecule has 1 aromatic carbocycles. The second kappa shape index (κ2) is 6.71. The fraction of sp³-hybridized carbons (Fsp3) is 0.619. The Bertz CT molecular complexity index is 825. The minimum absolute atomic E-state index is 0.129. The molecule has 1 aromatic rings. The molecule has 4 aliphatic rings. The van der Waals surface area contributed by atoms with E-state index in [0.29, 0.717) is 22.9 Å². The van der Waals surface area contributed by atoms with Crippen LogP contribution in [0.25, 0.3) is 0 Å². The van der Waals surface area contributed by atoms with Crippen LogP contribution in [-0.2, 0) is 11.2 Å². The molecule has 3 heterocycles. The highest BCUT2D eigenvalue weighted by atomic mass is 19.1. The Morgan fingerprint density at radius 3 is 2.79 bits per heavy atom. The first-order valence-electron chi connectivity index (χ1n) is 10.3. The first-order chi connectivity index (χ1) is 13.5. The van der Waals surface area contributed by atoms with Crippen LogP contribution in [-0.4, -0.2) is 50.2 Å². The molecule has 6 nitrogen and oxygen atoms in total. The molecule has 0 aromatic heterocycles. The average molecular weight is 383 g/mol. The number of nitrogens with one attached hydrogen (secondary N) is 3. The van der Waals surface area contributed by atoms with Gasteiger partial charge in [0.05, 0.1) is 12.1 Å². The molecular weight excluding hydrogens is 357 g/mol. The van der Waals surface area contributed by atoms with Crippen molar-refractivity contribution in [2.24, 2.45) is 11.3 Å². The van der Waals surface area contributed by atoms with Gasteiger partial charge in [0, 0.05) is 49.7 Å². The Morgan fingerprint density at radius 2 is 2.21 bits per heavy atom. The molecule has 1 spiro atoms. The summed E-state index contributed by atoms with van der Waals surface area (Å²) in [6, 6.07) is 6.85. The SMILES string of the molecule is N#C[C@H](Cc1ccc(N2CC3(CNC3)C2)cc1F)NC(=O)C1NC2CCC1C2. The van der Waals surface area contributed by atoms with Crippen LogP contribution < -0.4 is 20.9 Å². The van der Waals surface area contributed by atoms with Gasteiger partial charge >= 0.3 is 0 Å². The zero-order chi connectivity index (χ0) is 19.3. The number of anilines is 1. The number of benzene rings is 1. The van der Waals surface area contributed by atoms with Gasteiger partial charge in [0.2, 0.25) is 5.91 Å². The van der Waals surface area contributed by atoms with Crippen molar-refractivity contribution in [2.75, 3.05) is 31.1 Å². The van der Waals surface area contributed by atoms with Gasteiger partial charge in [-0.2, -0.15) is 5.26 Å². The lowest BCUT2D eigenvalue weighted by Crippen LogP contribution is -2.71. The van der Waals surface area contributed by atoms with Crippen molar-refractivity contribution in [3.63, 3.8) is 0 Å². The summed E-state index contributed by atoms with van der Waals surface area (Å²) in [5.41, 5.74) is 1.75. The zero-order valence-electron chi connectivity index (χ0n) is 15.9. The van der Waals surface area contributed by atoms with Crippen LogP contribution in [0.4, 0.5) is 10.1 Å². The highest BCUT2D eigenvalue weighted by Gasteiger charge is 2.47. The molecule has 4 fully saturated rings. The number of halogens is 1. The molecular formula is C21H26FN5O. The van der Waals surface area contributed by atoms with E-state index >= 15 is 0 Å². The Hall–Kier alpha value is -2.17. The van der Waals surface area contributed by atoms with Crippen LogP contribution in [0, 0.1) is 28.5 Å². The number of nitrogens with zero attached hydrogens (tertiary/aromatic N) is 2. The number of carbonyl (C=O) groups excluding carboxylic acids is 1. The van der Waals surface area contributed by atoms with E-state index < -0.39 is 6.04 Å². The summed E-state index contributed by atoms with van der Waals surface area (Å²) >= 11 is 0. The lowest BCUT2D eigenvalue weighted by atomic mass is 9.74. The smallest absolute Gasteiger partial charge is 0.238 e. The minimum atomic E-state index is -0.720. The highest BCUT2D eigenvalue weighted by Crippen LogP contribution is 2.38. The summed E-state index contributed by atoms with van der Waals surface area (Å²) in [6.07, 6.45) is 3.42. The number of hydrogen-bond donors (Lipinski definition) is 3. The summed E-state index contributed by atoms with van der Waals surface area (Å²) in [6.45, 7) is 4.02. The van der Waals surface area contributed by atoms with E-state index in [4.69, 9.17) is 0 Å². The second-order valence-corrected chi connectivity index (χ2v) is 9.04. The standard InChI is InChI=1S/C21H26FN5O/c22-18-7-17(27-11-21(12-27)9-24-10-21)4-2-13(18)5-16(8-23)26-20(28)19-14-1-3-15(6-14)25-19/h2,4,7,14-16,19,24-25H,1,3,5-6,9-12H2,(H,26,28)/t14?,15?,16-,19?/m0/s1. The van der Waals surface area contributed by atoms with Gasteiger partial charge in [-0.25, -0.2) is 4.39 Å². The van der Waals surface area contributed by atoms with E-state index in [1.54, 1.807) is 12.1 Å². The Kier molecular flexibility index (Phi) is 4.29. The molecule has 1 amide bonds. The molecule has 1 aliphatic carbocycles. The van der Waals surface area contributed by atoms with Crippen molar-refractivity contribution in [2.45, 2.75) is 43.8 Å². The molecule has 4 atom stereocenters. The van der Waals surface area contributed by atoms with Crippen molar-refractivity contribution in [1.82, 2.24) is 16.0 Å². The fourth-order valence-corrected chi connectivity index (χ4v) is 5.31. The third-order valence-corrected chi connectivity index (χ3v) is 6.99. The number of carbonyl (C=O) groups is 1. The van der Waals surface area contributed by atoms with Crippen molar-refractivity contribution < 1.29 is 9.18 Å². The molecule has 148 valence electrons. The molecule has 3 saturated heterocycles. The maximum atomic E-state index is 14.6. The summed E-state index contributed by atoms with van der Waals surface area (Å²) in [5, 5.41) is 18.9. The van der Waals surface area contributed by atoms with Crippen LogP contribution in [0.3, 0.4) is 0 Å². The molecule has 1 saturated carbocycles. The quantitative estimate of drug-likeness (QED) is 0.705.